The molecular weight excluding hydrogens is 497 g/mol. The number of guanidine groups is 1. The first kappa shape index (κ1) is 23.8. The monoisotopic (exact) mass is 523 g/mol. The summed E-state index contributed by atoms with van der Waals surface area (Å²) in [6.07, 6.45) is 0. The average Bonchev–Trinajstić information content (AvgIpc) is 2.94. The number of hydrogen-bond acceptors (Lipinski definition) is 5. The third-order valence-electron chi connectivity index (χ3n) is 3.49. The SMILES string of the molecule is CCNC(=NCc1sc(C)nc1C)NCCNS(=O)(=O)c1ccccc1.I. The molecule has 0 saturated heterocycles. The third kappa shape index (κ3) is 7.72. The molecular formula is C17H26IN5O2S2. The van der Waals surface area contributed by atoms with Gasteiger partial charge in [0, 0.05) is 24.5 Å². The summed E-state index contributed by atoms with van der Waals surface area (Å²) in [6.45, 7) is 7.90. The molecule has 0 radical (unpaired) electrons. The number of aromatic nitrogens is 1. The Kier molecular flexibility index (Phi) is 10.2. The molecule has 0 aliphatic carbocycles. The van der Waals surface area contributed by atoms with Crippen molar-refractivity contribution in [1.82, 2.24) is 20.3 Å². The smallest absolute Gasteiger partial charge is 0.240 e. The lowest BCUT2D eigenvalue weighted by atomic mass is 10.4. The molecule has 1 heterocycles. The Morgan fingerprint density at radius 3 is 2.44 bits per heavy atom. The van der Waals surface area contributed by atoms with Gasteiger partial charge < -0.3 is 10.6 Å². The summed E-state index contributed by atoms with van der Waals surface area (Å²) in [4.78, 5) is 10.3. The standard InChI is InChI=1S/C17H25N5O2S2.HI/c1-4-18-17(20-12-16-13(2)22-14(3)25-16)19-10-11-21-26(23,24)15-8-6-5-7-9-15;/h5-9,21H,4,10-12H2,1-3H3,(H2,18,19,20);1H. The lowest BCUT2D eigenvalue weighted by Gasteiger charge is -2.12. The van der Waals surface area contributed by atoms with E-state index in [0.29, 0.717) is 19.0 Å². The fraction of sp³-hybridized carbons (Fsp3) is 0.412. The van der Waals surface area contributed by atoms with Gasteiger partial charge >= 0.3 is 0 Å². The number of halogens is 1. The quantitative estimate of drug-likeness (QED) is 0.214. The van der Waals surface area contributed by atoms with Gasteiger partial charge in [0.25, 0.3) is 0 Å². The van der Waals surface area contributed by atoms with E-state index in [1.807, 2.05) is 20.8 Å². The molecule has 0 unspecified atom stereocenters. The fourth-order valence-electron chi connectivity index (χ4n) is 2.26. The number of aliphatic imine (C=N–C) groups is 1. The predicted molar refractivity (Wildman–Crippen MR) is 121 cm³/mol. The van der Waals surface area contributed by atoms with Gasteiger partial charge in [-0.15, -0.1) is 35.3 Å². The van der Waals surface area contributed by atoms with E-state index in [0.717, 1.165) is 22.1 Å². The molecule has 0 atom stereocenters. The topological polar surface area (TPSA) is 95.5 Å². The Hall–Kier alpha value is -1.24. The summed E-state index contributed by atoms with van der Waals surface area (Å²) in [6, 6.07) is 8.32. The minimum Gasteiger partial charge on any atom is -0.357 e. The second-order valence-corrected chi connectivity index (χ2v) is 8.63. The first-order valence-electron chi connectivity index (χ1n) is 8.42. The van der Waals surface area contributed by atoms with Crippen LogP contribution in [0.2, 0.25) is 0 Å². The summed E-state index contributed by atoms with van der Waals surface area (Å²) < 4.78 is 26.9. The van der Waals surface area contributed by atoms with Crippen molar-refractivity contribution in [3.8, 4) is 0 Å². The summed E-state index contributed by atoms with van der Waals surface area (Å²) >= 11 is 1.64. The highest BCUT2D eigenvalue weighted by Crippen LogP contribution is 2.17. The number of nitrogens with one attached hydrogen (secondary N) is 3. The molecule has 27 heavy (non-hydrogen) atoms. The predicted octanol–water partition coefficient (Wildman–Crippen LogP) is 2.41. The van der Waals surface area contributed by atoms with Crippen LogP contribution in [0.25, 0.3) is 0 Å². The largest absolute Gasteiger partial charge is 0.357 e. The van der Waals surface area contributed by atoms with Crippen LogP contribution in [-0.4, -0.2) is 39.0 Å². The van der Waals surface area contributed by atoms with Crippen LogP contribution in [0.4, 0.5) is 0 Å². The summed E-state index contributed by atoms with van der Waals surface area (Å²) in [5.74, 6) is 0.650. The van der Waals surface area contributed by atoms with Gasteiger partial charge in [-0.3, -0.25) is 0 Å². The number of rotatable bonds is 8. The van der Waals surface area contributed by atoms with Crippen LogP contribution >= 0.6 is 35.3 Å². The van der Waals surface area contributed by atoms with Crippen molar-refractivity contribution in [3.05, 3.63) is 45.9 Å². The second kappa shape index (κ2) is 11.6. The number of sulfonamides is 1. The maximum absolute atomic E-state index is 12.2. The Labute approximate surface area is 182 Å². The fourth-order valence-corrected chi connectivity index (χ4v) is 4.18. The Morgan fingerprint density at radius 2 is 1.85 bits per heavy atom. The first-order chi connectivity index (χ1) is 12.4. The summed E-state index contributed by atoms with van der Waals surface area (Å²) in [5.41, 5.74) is 1.00. The zero-order valence-electron chi connectivity index (χ0n) is 15.7. The molecule has 2 aromatic rings. The molecule has 0 aliphatic rings. The molecule has 1 aromatic heterocycles. The zero-order chi connectivity index (χ0) is 19.0. The van der Waals surface area contributed by atoms with Crippen molar-refractivity contribution in [1.29, 1.82) is 0 Å². The van der Waals surface area contributed by atoms with E-state index in [-0.39, 0.29) is 35.4 Å². The molecule has 0 fully saturated rings. The molecule has 3 N–H and O–H groups in total. The van der Waals surface area contributed by atoms with Crippen LogP contribution in [0.15, 0.2) is 40.2 Å². The highest BCUT2D eigenvalue weighted by Gasteiger charge is 2.12. The van der Waals surface area contributed by atoms with Gasteiger partial charge in [0.05, 0.1) is 22.1 Å². The van der Waals surface area contributed by atoms with Gasteiger partial charge in [-0.25, -0.2) is 23.1 Å². The van der Waals surface area contributed by atoms with Crippen molar-refractivity contribution in [3.63, 3.8) is 0 Å². The highest BCUT2D eigenvalue weighted by molar-refractivity contribution is 14.0. The molecule has 7 nitrogen and oxygen atoms in total. The number of thiazole rings is 1. The lowest BCUT2D eigenvalue weighted by Crippen LogP contribution is -2.41. The van der Waals surface area contributed by atoms with Crippen molar-refractivity contribution in [2.75, 3.05) is 19.6 Å². The van der Waals surface area contributed by atoms with Gasteiger partial charge in [-0.1, -0.05) is 18.2 Å². The average molecular weight is 523 g/mol. The van der Waals surface area contributed by atoms with Crippen molar-refractivity contribution >= 4 is 51.3 Å². The van der Waals surface area contributed by atoms with Gasteiger partial charge in [0.1, 0.15) is 0 Å². The number of benzene rings is 1. The van der Waals surface area contributed by atoms with Gasteiger partial charge in [0.2, 0.25) is 10.0 Å². The number of hydrogen-bond donors (Lipinski definition) is 3. The number of nitrogens with zero attached hydrogens (tertiary/aromatic N) is 2. The van der Waals surface area contributed by atoms with E-state index in [9.17, 15) is 8.42 Å². The molecule has 150 valence electrons. The molecule has 1 aromatic carbocycles. The van der Waals surface area contributed by atoms with Crippen molar-refractivity contribution in [2.24, 2.45) is 4.99 Å². The minimum atomic E-state index is -3.49. The number of aryl methyl sites for hydroxylation is 2. The van der Waals surface area contributed by atoms with Crippen LogP contribution in [0.3, 0.4) is 0 Å². The maximum Gasteiger partial charge on any atom is 0.240 e. The molecule has 0 spiro atoms. The summed E-state index contributed by atoms with van der Waals surface area (Å²) in [5, 5.41) is 7.32. The third-order valence-corrected chi connectivity index (χ3v) is 6.02. The van der Waals surface area contributed by atoms with Crippen LogP contribution in [0.1, 0.15) is 22.5 Å². The molecule has 2 rings (SSSR count). The Bertz CT molecular complexity index is 838. The van der Waals surface area contributed by atoms with Gasteiger partial charge in [-0.05, 0) is 32.9 Å². The van der Waals surface area contributed by atoms with Gasteiger partial charge in [0.15, 0.2) is 5.96 Å². The Morgan fingerprint density at radius 1 is 1.15 bits per heavy atom. The lowest BCUT2D eigenvalue weighted by molar-refractivity contribution is 0.580. The van der Waals surface area contributed by atoms with E-state index in [4.69, 9.17) is 0 Å². The highest BCUT2D eigenvalue weighted by atomic mass is 127. The Balaban J connectivity index is 0.00000364. The molecule has 0 bridgehead atoms. The normalized spacial score (nSPS) is 11.7. The molecule has 0 aliphatic heterocycles. The van der Waals surface area contributed by atoms with E-state index < -0.39 is 10.0 Å². The van der Waals surface area contributed by atoms with E-state index in [2.05, 4.69) is 25.3 Å². The second-order valence-electron chi connectivity index (χ2n) is 5.57. The van der Waals surface area contributed by atoms with Gasteiger partial charge in [-0.2, -0.15) is 0 Å². The van der Waals surface area contributed by atoms with E-state index in [1.165, 1.54) is 0 Å². The van der Waals surface area contributed by atoms with Crippen LogP contribution in [0, 0.1) is 13.8 Å². The minimum absolute atomic E-state index is 0. The van der Waals surface area contributed by atoms with E-state index in [1.54, 1.807) is 41.7 Å². The van der Waals surface area contributed by atoms with Crippen molar-refractivity contribution < 1.29 is 8.42 Å². The molecule has 0 amide bonds. The zero-order valence-corrected chi connectivity index (χ0v) is 19.6. The maximum atomic E-state index is 12.2. The van der Waals surface area contributed by atoms with Crippen LogP contribution < -0.4 is 15.4 Å². The van der Waals surface area contributed by atoms with Crippen LogP contribution in [0.5, 0.6) is 0 Å². The van der Waals surface area contributed by atoms with Crippen molar-refractivity contribution in [2.45, 2.75) is 32.2 Å². The molecule has 0 saturated carbocycles. The van der Waals surface area contributed by atoms with Crippen LogP contribution in [-0.2, 0) is 16.6 Å². The summed E-state index contributed by atoms with van der Waals surface area (Å²) in [7, 11) is -3.49. The first-order valence-corrected chi connectivity index (χ1v) is 10.7. The van der Waals surface area contributed by atoms with E-state index >= 15 is 0 Å². The molecule has 10 heteroatoms.